The maximum atomic E-state index is 11.5. The van der Waals surface area contributed by atoms with E-state index in [4.69, 9.17) is 4.74 Å². The van der Waals surface area contributed by atoms with Crippen LogP contribution in [0.2, 0.25) is 0 Å². The molecule has 0 radical (unpaired) electrons. The van der Waals surface area contributed by atoms with Crippen LogP contribution >= 0.6 is 0 Å². The van der Waals surface area contributed by atoms with E-state index >= 15 is 0 Å². The fourth-order valence-corrected chi connectivity index (χ4v) is 6.01. The summed E-state index contributed by atoms with van der Waals surface area (Å²) in [4.78, 5) is 11.5. The minimum atomic E-state index is -1.31. The van der Waals surface area contributed by atoms with Gasteiger partial charge in [0, 0.05) is 11.6 Å². The van der Waals surface area contributed by atoms with E-state index in [1.807, 2.05) is 0 Å². The van der Waals surface area contributed by atoms with Crippen molar-refractivity contribution in [3.05, 3.63) is 35.5 Å². The van der Waals surface area contributed by atoms with Crippen LogP contribution in [-0.2, 0) is 9.53 Å². The molecule has 0 aromatic rings. The van der Waals surface area contributed by atoms with Gasteiger partial charge in [0.05, 0.1) is 6.10 Å². The molecular formula is C25H38O4. The number of carbonyl (C=O) groups is 1. The molecule has 4 nitrogen and oxygen atoms in total. The van der Waals surface area contributed by atoms with E-state index in [2.05, 4.69) is 40.3 Å². The molecule has 0 aromatic carbocycles. The van der Waals surface area contributed by atoms with Gasteiger partial charge in [0.25, 0.3) is 0 Å². The Morgan fingerprint density at radius 3 is 2.76 bits per heavy atom. The molecule has 0 bridgehead atoms. The second kappa shape index (κ2) is 8.39. The maximum absolute atomic E-state index is 11.5. The van der Waals surface area contributed by atoms with E-state index < -0.39 is 18.4 Å². The average Bonchev–Trinajstić information content (AvgIpc) is 2.97. The molecule has 0 spiro atoms. The molecule has 1 unspecified atom stereocenters. The first-order chi connectivity index (χ1) is 13.6. The molecule has 1 heterocycles. The van der Waals surface area contributed by atoms with Crippen LogP contribution < -0.4 is 0 Å². The Bertz CT molecular complexity index is 720. The summed E-state index contributed by atoms with van der Waals surface area (Å²) in [7, 11) is 0. The lowest BCUT2D eigenvalue weighted by molar-refractivity contribution is -0.152. The SMILES string of the molecule is C=C(C)CCC[C@@]1(C)CCCC2C1=CC[C@H](C)[C@]2(C)C[C@H](O)C1=CC(=O)O[C@@H]1O. The molecule has 29 heavy (non-hydrogen) atoms. The highest BCUT2D eigenvalue weighted by molar-refractivity contribution is 5.85. The van der Waals surface area contributed by atoms with Crippen molar-refractivity contribution >= 4 is 5.97 Å². The Kier molecular flexibility index (Phi) is 6.45. The van der Waals surface area contributed by atoms with Crippen molar-refractivity contribution in [1.29, 1.82) is 0 Å². The van der Waals surface area contributed by atoms with Crippen LogP contribution in [0.3, 0.4) is 0 Å². The lowest BCUT2D eigenvalue weighted by Crippen LogP contribution is -2.46. The van der Waals surface area contributed by atoms with E-state index in [1.165, 1.54) is 37.3 Å². The lowest BCUT2D eigenvalue weighted by Gasteiger charge is -2.54. The van der Waals surface area contributed by atoms with E-state index in [0.717, 1.165) is 19.3 Å². The Morgan fingerprint density at radius 1 is 1.41 bits per heavy atom. The fourth-order valence-electron chi connectivity index (χ4n) is 6.01. The van der Waals surface area contributed by atoms with Crippen LogP contribution in [0.25, 0.3) is 0 Å². The van der Waals surface area contributed by atoms with Gasteiger partial charge >= 0.3 is 5.97 Å². The van der Waals surface area contributed by atoms with Crippen molar-refractivity contribution in [2.75, 3.05) is 0 Å². The van der Waals surface area contributed by atoms with Gasteiger partial charge in [0.15, 0.2) is 0 Å². The molecule has 4 heteroatoms. The number of fused-ring (bicyclic) bond motifs is 1. The molecule has 0 amide bonds. The quantitative estimate of drug-likeness (QED) is 0.461. The zero-order valence-corrected chi connectivity index (χ0v) is 18.5. The van der Waals surface area contributed by atoms with Gasteiger partial charge in [-0.15, -0.1) is 6.58 Å². The Hall–Kier alpha value is -1.39. The van der Waals surface area contributed by atoms with Crippen molar-refractivity contribution < 1.29 is 19.7 Å². The molecular weight excluding hydrogens is 364 g/mol. The second-order valence-electron chi connectivity index (χ2n) is 10.3. The van der Waals surface area contributed by atoms with Gasteiger partial charge in [0.1, 0.15) is 0 Å². The van der Waals surface area contributed by atoms with Crippen molar-refractivity contribution in [1.82, 2.24) is 0 Å². The molecule has 2 aliphatic carbocycles. The number of ether oxygens (including phenoxy) is 1. The minimum Gasteiger partial charge on any atom is -0.429 e. The van der Waals surface area contributed by atoms with Crippen LogP contribution in [0.5, 0.6) is 0 Å². The average molecular weight is 403 g/mol. The van der Waals surface area contributed by atoms with Gasteiger partial charge in [-0.3, -0.25) is 0 Å². The third-order valence-corrected chi connectivity index (χ3v) is 8.05. The largest absolute Gasteiger partial charge is 0.429 e. The first-order valence-corrected chi connectivity index (χ1v) is 11.2. The number of cyclic esters (lactones) is 1. The summed E-state index contributed by atoms with van der Waals surface area (Å²) in [6.07, 6.45) is 10.1. The fraction of sp³-hybridized carbons (Fsp3) is 0.720. The van der Waals surface area contributed by atoms with Crippen molar-refractivity contribution in [2.45, 2.75) is 91.5 Å². The van der Waals surface area contributed by atoms with E-state index in [1.54, 1.807) is 5.57 Å². The van der Waals surface area contributed by atoms with Crippen molar-refractivity contribution in [2.24, 2.45) is 22.7 Å². The van der Waals surface area contributed by atoms with Crippen LogP contribution in [-0.4, -0.2) is 28.6 Å². The monoisotopic (exact) mass is 402 g/mol. The third-order valence-electron chi connectivity index (χ3n) is 8.05. The normalized spacial score (nSPS) is 38.0. The van der Waals surface area contributed by atoms with Crippen LogP contribution in [0.4, 0.5) is 0 Å². The number of aliphatic hydroxyl groups is 2. The summed E-state index contributed by atoms with van der Waals surface area (Å²) >= 11 is 0. The maximum Gasteiger partial charge on any atom is 0.333 e. The Morgan fingerprint density at radius 2 is 2.14 bits per heavy atom. The Labute approximate surface area is 175 Å². The van der Waals surface area contributed by atoms with Gasteiger partial charge in [-0.05, 0) is 74.5 Å². The smallest absolute Gasteiger partial charge is 0.333 e. The van der Waals surface area contributed by atoms with Crippen LogP contribution in [0, 0.1) is 22.7 Å². The first-order valence-electron chi connectivity index (χ1n) is 11.2. The highest BCUT2D eigenvalue weighted by Crippen LogP contribution is 2.59. The molecule has 162 valence electrons. The molecule has 1 aliphatic heterocycles. The number of carbonyl (C=O) groups excluding carboxylic acids is 1. The molecule has 1 saturated carbocycles. The van der Waals surface area contributed by atoms with E-state index in [-0.39, 0.29) is 10.8 Å². The molecule has 0 saturated heterocycles. The van der Waals surface area contributed by atoms with Crippen molar-refractivity contribution in [3.63, 3.8) is 0 Å². The highest BCUT2D eigenvalue weighted by atomic mass is 16.6. The van der Waals surface area contributed by atoms with Gasteiger partial charge in [-0.25, -0.2) is 4.79 Å². The predicted molar refractivity (Wildman–Crippen MR) is 115 cm³/mol. The standard InChI is InChI=1S/C25H38O4/c1-16(2)8-6-12-24(4)13-7-9-20-19(24)11-10-17(3)25(20,5)15-21(26)18-14-22(27)29-23(18)28/h11,14,17,20-21,23,26,28H,1,6-10,12-13,15H2,2-5H3/t17-,20?,21-,23-,24-,25-/m0/s1. The third kappa shape index (κ3) is 4.39. The summed E-state index contributed by atoms with van der Waals surface area (Å²) < 4.78 is 4.79. The molecule has 3 rings (SSSR count). The number of hydrogen-bond donors (Lipinski definition) is 2. The number of aliphatic hydroxyl groups excluding tert-OH is 2. The highest BCUT2D eigenvalue weighted by Gasteiger charge is 2.50. The molecule has 2 N–H and O–H groups in total. The lowest BCUT2D eigenvalue weighted by atomic mass is 9.50. The number of allylic oxidation sites excluding steroid dienone is 3. The molecule has 3 aliphatic rings. The minimum absolute atomic E-state index is 0.0776. The topological polar surface area (TPSA) is 66.8 Å². The summed E-state index contributed by atoms with van der Waals surface area (Å²) in [6, 6.07) is 0. The summed E-state index contributed by atoms with van der Waals surface area (Å²) in [5.41, 5.74) is 3.27. The second-order valence-corrected chi connectivity index (χ2v) is 10.3. The van der Waals surface area contributed by atoms with Gasteiger partial charge in [-0.2, -0.15) is 0 Å². The van der Waals surface area contributed by atoms with E-state index in [0.29, 0.717) is 23.8 Å². The zero-order valence-electron chi connectivity index (χ0n) is 18.5. The van der Waals surface area contributed by atoms with Gasteiger partial charge in [0.2, 0.25) is 6.29 Å². The summed E-state index contributed by atoms with van der Waals surface area (Å²) in [6.45, 7) is 13.1. The first kappa shape index (κ1) is 22.3. The van der Waals surface area contributed by atoms with Crippen molar-refractivity contribution in [3.8, 4) is 0 Å². The van der Waals surface area contributed by atoms with Crippen LogP contribution in [0.1, 0.15) is 79.1 Å². The zero-order chi connectivity index (χ0) is 21.4. The van der Waals surface area contributed by atoms with Crippen LogP contribution in [0.15, 0.2) is 35.5 Å². The molecule has 1 fully saturated rings. The number of hydrogen-bond acceptors (Lipinski definition) is 4. The summed E-state index contributed by atoms with van der Waals surface area (Å²) in [5, 5.41) is 20.9. The predicted octanol–water partition coefficient (Wildman–Crippen LogP) is 5.06. The summed E-state index contributed by atoms with van der Waals surface area (Å²) in [5.74, 6) is 0.288. The van der Waals surface area contributed by atoms with Gasteiger partial charge < -0.3 is 14.9 Å². The van der Waals surface area contributed by atoms with Gasteiger partial charge in [-0.1, -0.05) is 44.4 Å². The molecule has 6 atom stereocenters. The number of esters is 1. The van der Waals surface area contributed by atoms with E-state index in [9.17, 15) is 15.0 Å². The Balaban J connectivity index is 1.81. The molecule has 0 aromatic heterocycles. The number of rotatable bonds is 7.